The highest BCUT2D eigenvalue weighted by Crippen LogP contribution is 2.26. The quantitative estimate of drug-likeness (QED) is 0.668. The summed E-state index contributed by atoms with van der Waals surface area (Å²) in [7, 11) is 0. The van der Waals surface area contributed by atoms with Crippen molar-refractivity contribution in [1.29, 1.82) is 0 Å². The molecule has 0 spiro atoms. The molecule has 2 aromatic carbocycles. The number of carbonyl (C=O) groups is 1. The fourth-order valence-electron chi connectivity index (χ4n) is 1.92. The number of carbonyl (C=O) groups excluding carboxylic acids is 1. The summed E-state index contributed by atoms with van der Waals surface area (Å²) < 4.78 is 0.896. The molecule has 0 bridgehead atoms. The molecule has 5 heteroatoms. The van der Waals surface area contributed by atoms with Crippen molar-refractivity contribution in [2.45, 2.75) is 0 Å². The van der Waals surface area contributed by atoms with Crippen molar-refractivity contribution in [1.82, 2.24) is 0 Å². The average Bonchev–Trinajstić information content (AvgIpc) is 2.76. The standard InChI is InChI=1S/C15H10BrN3O/c16-11-6-7-13-12(8-11)14(15(20)18-13)19-17-9-10-4-2-1-3-5-10/h1-9H,(H,18,19,20). The molecule has 1 N–H and O–H groups in total. The minimum Gasteiger partial charge on any atom is -0.320 e. The molecule has 20 heavy (non-hydrogen) atoms. The molecule has 0 radical (unpaired) electrons. The van der Waals surface area contributed by atoms with Gasteiger partial charge in [-0.25, -0.2) is 0 Å². The highest BCUT2D eigenvalue weighted by molar-refractivity contribution is 9.10. The number of anilines is 1. The van der Waals surface area contributed by atoms with Crippen molar-refractivity contribution in [3.8, 4) is 0 Å². The lowest BCUT2D eigenvalue weighted by atomic mass is 10.1. The Morgan fingerprint density at radius 1 is 1.10 bits per heavy atom. The lowest BCUT2D eigenvalue weighted by molar-refractivity contribution is -0.110. The first-order valence-corrected chi connectivity index (χ1v) is 6.81. The number of rotatable bonds is 2. The maximum atomic E-state index is 11.9. The summed E-state index contributed by atoms with van der Waals surface area (Å²) in [6.07, 6.45) is 1.62. The highest BCUT2D eigenvalue weighted by Gasteiger charge is 2.26. The van der Waals surface area contributed by atoms with Crippen LogP contribution in [-0.4, -0.2) is 17.8 Å². The zero-order valence-corrected chi connectivity index (χ0v) is 12.0. The Balaban J connectivity index is 1.91. The number of halogens is 1. The number of benzene rings is 2. The molecular weight excluding hydrogens is 318 g/mol. The van der Waals surface area contributed by atoms with E-state index in [4.69, 9.17) is 0 Å². The first-order valence-electron chi connectivity index (χ1n) is 6.01. The Morgan fingerprint density at radius 2 is 1.90 bits per heavy atom. The Morgan fingerprint density at radius 3 is 2.70 bits per heavy atom. The van der Waals surface area contributed by atoms with Gasteiger partial charge in [0.2, 0.25) is 0 Å². The van der Waals surface area contributed by atoms with Gasteiger partial charge in [-0.3, -0.25) is 4.79 Å². The van der Waals surface area contributed by atoms with Crippen LogP contribution in [0.2, 0.25) is 0 Å². The second kappa shape index (κ2) is 5.38. The van der Waals surface area contributed by atoms with Gasteiger partial charge in [0.15, 0.2) is 5.71 Å². The molecule has 0 saturated carbocycles. The molecular formula is C15H10BrN3O. The summed E-state index contributed by atoms with van der Waals surface area (Å²) in [6.45, 7) is 0. The molecule has 1 aliphatic heterocycles. The van der Waals surface area contributed by atoms with Gasteiger partial charge in [0, 0.05) is 10.0 Å². The van der Waals surface area contributed by atoms with E-state index in [0.717, 1.165) is 21.3 Å². The van der Waals surface area contributed by atoms with Gasteiger partial charge in [-0.2, -0.15) is 5.10 Å². The zero-order chi connectivity index (χ0) is 13.9. The van der Waals surface area contributed by atoms with Crippen LogP contribution in [0.5, 0.6) is 0 Å². The van der Waals surface area contributed by atoms with Gasteiger partial charge in [0.1, 0.15) is 0 Å². The molecule has 2 aromatic rings. The van der Waals surface area contributed by atoms with Gasteiger partial charge >= 0.3 is 0 Å². The summed E-state index contributed by atoms with van der Waals surface area (Å²) >= 11 is 3.38. The highest BCUT2D eigenvalue weighted by atomic mass is 79.9. The molecule has 0 atom stereocenters. The second-order valence-corrected chi connectivity index (χ2v) is 5.16. The maximum Gasteiger partial charge on any atom is 0.276 e. The summed E-state index contributed by atoms with van der Waals surface area (Å²) in [5.74, 6) is -0.233. The van der Waals surface area contributed by atoms with Crippen molar-refractivity contribution >= 4 is 39.5 Å². The molecule has 0 fully saturated rings. The van der Waals surface area contributed by atoms with Crippen LogP contribution in [0.4, 0.5) is 5.69 Å². The van der Waals surface area contributed by atoms with E-state index in [0.29, 0.717) is 5.71 Å². The predicted octanol–water partition coefficient (Wildman–Crippen LogP) is 3.22. The average molecular weight is 328 g/mol. The van der Waals surface area contributed by atoms with Crippen LogP contribution < -0.4 is 5.32 Å². The number of nitrogens with one attached hydrogen (secondary N) is 1. The van der Waals surface area contributed by atoms with Gasteiger partial charge in [0.25, 0.3) is 5.91 Å². The summed E-state index contributed by atoms with van der Waals surface area (Å²) in [5.41, 5.74) is 2.78. The maximum absolute atomic E-state index is 11.9. The number of fused-ring (bicyclic) bond motifs is 1. The Kier molecular flexibility index (Phi) is 3.43. The molecule has 0 saturated heterocycles. The molecule has 1 amide bonds. The van der Waals surface area contributed by atoms with Gasteiger partial charge in [-0.05, 0) is 23.8 Å². The van der Waals surface area contributed by atoms with E-state index < -0.39 is 0 Å². The van der Waals surface area contributed by atoms with Crippen molar-refractivity contribution in [3.05, 3.63) is 64.1 Å². The van der Waals surface area contributed by atoms with Crippen LogP contribution in [0.3, 0.4) is 0 Å². The van der Waals surface area contributed by atoms with E-state index in [-0.39, 0.29) is 5.91 Å². The van der Waals surface area contributed by atoms with Crippen LogP contribution in [-0.2, 0) is 4.79 Å². The molecule has 1 aliphatic rings. The van der Waals surface area contributed by atoms with E-state index in [1.54, 1.807) is 6.21 Å². The van der Waals surface area contributed by atoms with Crippen LogP contribution in [0.15, 0.2) is 63.2 Å². The Hall–Kier alpha value is -2.27. The van der Waals surface area contributed by atoms with Crippen molar-refractivity contribution in [2.24, 2.45) is 10.2 Å². The SMILES string of the molecule is O=C1Nc2ccc(Br)cc2C1=NN=Cc1ccccc1. The summed E-state index contributed by atoms with van der Waals surface area (Å²) in [5, 5.41) is 10.8. The minimum atomic E-state index is -0.233. The zero-order valence-electron chi connectivity index (χ0n) is 10.4. The summed E-state index contributed by atoms with van der Waals surface area (Å²) in [4.78, 5) is 11.9. The molecule has 4 nitrogen and oxygen atoms in total. The molecule has 0 aliphatic carbocycles. The summed E-state index contributed by atoms with van der Waals surface area (Å²) in [6, 6.07) is 15.2. The van der Waals surface area contributed by atoms with Gasteiger partial charge < -0.3 is 5.32 Å². The lowest BCUT2D eigenvalue weighted by Crippen LogP contribution is -2.13. The number of hydrogen-bond acceptors (Lipinski definition) is 3. The minimum absolute atomic E-state index is 0.233. The smallest absolute Gasteiger partial charge is 0.276 e. The third-order valence-electron chi connectivity index (χ3n) is 2.86. The van der Waals surface area contributed by atoms with Crippen LogP contribution in [0, 0.1) is 0 Å². The van der Waals surface area contributed by atoms with E-state index >= 15 is 0 Å². The number of amides is 1. The monoisotopic (exact) mass is 327 g/mol. The van der Waals surface area contributed by atoms with E-state index in [1.165, 1.54) is 0 Å². The number of hydrogen-bond donors (Lipinski definition) is 1. The van der Waals surface area contributed by atoms with Crippen molar-refractivity contribution in [3.63, 3.8) is 0 Å². The molecule has 98 valence electrons. The third kappa shape index (κ3) is 2.53. The Bertz CT molecular complexity index is 723. The molecule has 0 aromatic heterocycles. The molecule has 1 heterocycles. The predicted molar refractivity (Wildman–Crippen MR) is 83.3 cm³/mol. The second-order valence-electron chi connectivity index (χ2n) is 4.25. The first-order chi connectivity index (χ1) is 9.74. The third-order valence-corrected chi connectivity index (χ3v) is 3.36. The number of nitrogens with zero attached hydrogens (tertiary/aromatic N) is 2. The van der Waals surface area contributed by atoms with Crippen LogP contribution >= 0.6 is 15.9 Å². The van der Waals surface area contributed by atoms with Gasteiger partial charge in [0.05, 0.1) is 11.9 Å². The fraction of sp³-hybridized carbons (Fsp3) is 0. The van der Waals surface area contributed by atoms with Gasteiger partial charge in [-0.15, -0.1) is 5.10 Å². The molecule has 3 rings (SSSR count). The van der Waals surface area contributed by atoms with Gasteiger partial charge in [-0.1, -0.05) is 46.3 Å². The first kappa shape index (κ1) is 12.7. The van der Waals surface area contributed by atoms with Crippen LogP contribution in [0.1, 0.15) is 11.1 Å². The van der Waals surface area contributed by atoms with Crippen molar-refractivity contribution in [2.75, 3.05) is 5.32 Å². The normalized spacial score (nSPS) is 15.7. The van der Waals surface area contributed by atoms with E-state index in [1.807, 2.05) is 48.5 Å². The molecule has 0 unspecified atom stereocenters. The fourth-order valence-corrected chi connectivity index (χ4v) is 2.28. The van der Waals surface area contributed by atoms with E-state index in [9.17, 15) is 4.79 Å². The largest absolute Gasteiger partial charge is 0.320 e. The Labute approximate surface area is 124 Å². The van der Waals surface area contributed by atoms with Crippen LogP contribution in [0.25, 0.3) is 0 Å². The van der Waals surface area contributed by atoms with Crippen molar-refractivity contribution < 1.29 is 4.79 Å². The lowest BCUT2D eigenvalue weighted by Gasteiger charge is -1.96. The topological polar surface area (TPSA) is 53.8 Å². The van der Waals surface area contributed by atoms with E-state index in [2.05, 4.69) is 31.4 Å².